The largest absolute Gasteiger partial charge is 0.505 e. The van der Waals surface area contributed by atoms with Gasteiger partial charge < -0.3 is 31.9 Å². The molecule has 3 aliphatic carbocycles. The number of nitrogens with zero attached hydrogens (tertiary/aromatic N) is 3. The second-order valence-corrected chi connectivity index (χ2v) is 12.1. The molecule has 2 aromatic carbocycles. The van der Waals surface area contributed by atoms with Gasteiger partial charge in [0, 0.05) is 25.7 Å². The summed E-state index contributed by atoms with van der Waals surface area (Å²) in [7, 11) is 6.60. The molecule has 13 heteroatoms. The summed E-state index contributed by atoms with van der Waals surface area (Å²) in [4.78, 5) is 74.7. The van der Waals surface area contributed by atoms with E-state index in [9.17, 15) is 34.2 Å². The first-order valence-electron chi connectivity index (χ1n) is 14.2. The van der Waals surface area contributed by atoms with Gasteiger partial charge in [-0.1, -0.05) is 30.3 Å². The molecule has 13 nitrogen and oxygen atoms in total. The number of hydrogen-bond acceptors (Lipinski definition) is 10. The Morgan fingerprint density at radius 2 is 1.73 bits per heavy atom. The van der Waals surface area contributed by atoms with E-state index in [1.54, 1.807) is 39.2 Å². The number of guanidine groups is 1. The van der Waals surface area contributed by atoms with Crippen LogP contribution in [0.25, 0.3) is 0 Å². The molecule has 6 atom stereocenters. The van der Waals surface area contributed by atoms with E-state index < -0.39 is 70.1 Å². The van der Waals surface area contributed by atoms with Gasteiger partial charge in [-0.05, 0) is 50.0 Å². The average Bonchev–Trinajstić information content (AvgIpc) is 2.95. The van der Waals surface area contributed by atoms with Crippen LogP contribution in [0, 0.1) is 23.7 Å². The summed E-state index contributed by atoms with van der Waals surface area (Å²) in [5.74, 6) is -11.1. The predicted octanol–water partition coefficient (Wildman–Crippen LogP) is -0.140. The Bertz CT molecular complexity index is 1600. The quantitative estimate of drug-likeness (QED) is 0.127. The summed E-state index contributed by atoms with van der Waals surface area (Å²) in [5, 5.41) is 26.0. The molecule has 3 aliphatic rings. The Kier molecular flexibility index (Phi) is 7.80. The number of benzene rings is 2. The van der Waals surface area contributed by atoms with Crippen molar-refractivity contribution in [2.45, 2.75) is 31.0 Å². The number of phenolic OH excluding ortho intramolecular Hbond substituents is 1. The van der Waals surface area contributed by atoms with Gasteiger partial charge in [-0.15, -0.1) is 0 Å². The zero-order chi connectivity index (χ0) is 32.2. The molecule has 7 N–H and O–H groups in total. The third-order valence-electron chi connectivity index (χ3n) is 9.06. The number of Topliss-reactive ketones (excluding diaryl/α,β-unsaturated/α-hetero) is 4. The predicted molar refractivity (Wildman–Crippen MR) is 161 cm³/mol. The van der Waals surface area contributed by atoms with E-state index in [4.69, 9.17) is 11.5 Å². The number of likely N-dealkylation sites (N-methyl/N-ethyl adjacent to an activating group) is 1. The number of rotatable bonds is 6. The lowest BCUT2D eigenvalue weighted by Gasteiger charge is -2.52. The van der Waals surface area contributed by atoms with Crippen molar-refractivity contribution >= 4 is 46.4 Å². The number of nitrogens with two attached hydrogens (primary N) is 2. The molecule has 5 rings (SSSR count). The molecule has 0 aliphatic heterocycles. The molecule has 2 saturated carbocycles. The number of amides is 1. The Morgan fingerprint density at radius 1 is 1.07 bits per heavy atom. The van der Waals surface area contributed by atoms with E-state index in [0.29, 0.717) is 11.3 Å². The van der Waals surface area contributed by atoms with Crippen molar-refractivity contribution in [1.82, 2.24) is 4.90 Å². The van der Waals surface area contributed by atoms with Crippen LogP contribution in [0.2, 0.25) is 0 Å². The number of ketones is 4. The fourth-order valence-electron chi connectivity index (χ4n) is 7.08. The van der Waals surface area contributed by atoms with Crippen molar-refractivity contribution in [2.75, 3.05) is 38.4 Å². The lowest BCUT2D eigenvalue weighted by Crippen LogP contribution is -2.74. The number of aromatic hydroxyl groups is 1. The van der Waals surface area contributed by atoms with Gasteiger partial charge in [0.15, 0.2) is 40.6 Å². The number of aliphatic imine (C=N–C) groups is 1. The first-order chi connectivity index (χ1) is 20.7. The second-order valence-electron chi connectivity index (χ2n) is 12.1. The molecule has 2 aromatic rings. The Morgan fingerprint density at radius 3 is 2.32 bits per heavy atom. The molecule has 0 aromatic heterocycles. The summed E-state index contributed by atoms with van der Waals surface area (Å²) in [5.41, 5.74) is 10.6. The second kappa shape index (κ2) is 11.1. The minimum Gasteiger partial charge on any atom is -0.505 e. The first kappa shape index (κ1) is 30.8. The van der Waals surface area contributed by atoms with Crippen LogP contribution in [-0.4, -0.2) is 89.9 Å². The van der Waals surface area contributed by atoms with E-state index in [2.05, 4.69) is 10.3 Å². The van der Waals surface area contributed by atoms with Gasteiger partial charge in [-0.25, -0.2) is 4.99 Å². The minimum atomic E-state index is -2.79. The maximum absolute atomic E-state index is 14.1. The highest BCUT2D eigenvalue weighted by Gasteiger charge is 2.69. The van der Waals surface area contributed by atoms with Crippen LogP contribution < -0.4 is 21.7 Å². The Balaban J connectivity index is 1.57. The Labute approximate surface area is 253 Å². The summed E-state index contributed by atoms with van der Waals surface area (Å²) in [6, 6.07) is 9.83. The topological polar surface area (TPSA) is 209 Å². The number of primary amides is 1. The van der Waals surface area contributed by atoms with E-state index in [-0.39, 0.29) is 36.6 Å². The van der Waals surface area contributed by atoms with E-state index in [0.717, 1.165) is 5.56 Å². The smallest absolute Gasteiger partial charge is 0.235 e. The van der Waals surface area contributed by atoms with Gasteiger partial charge in [-0.3, -0.25) is 28.9 Å². The first-order valence-corrected chi connectivity index (χ1v) is 14.2. The minimum absolute atomic E-state index is 0.0227. The summed E-state index contributed by atoms with van der Waals surface area (Å²) in [6.45, 7) is 0.264. The van der Waals surface area contributed by atoms with Crippen molar-refractivity contribution in [1.29, 1.82) is 0 Å². The molecule has 0 bridgehead atoms. The van der Waals surface area contributed by atoms with Crippen molar-refractivity contribution in [3.63, 3.8) is 0 Å². The maximum Gasteiger partial charge on any atom is 0.235 e. The third-order valence-corrected chi connectivity index (χ3v) is 9.06. The van der Waals surface area contributed by atoms with E-state index in [1.165, 1.54) is 4.90 Å². The average molecular weight is 605 g/mol. The molecule has 44 heavy (non-hydrogen) atoms. The summed E-state index contributed by atoms with van der Waals surface area (Å²) >= 11 is 0. The van der Waals surface area contributed by atoms with E-state index >= 15 is 0 Å². The number of anilines is 2. The molecule has 3 unspecified atom stereocenters. The monoisotopic (exact) mass is 604 g/mol. The molecule has 0 saturated heterocycles. The summed E-state index contributed by atoms with van der Waals surface area (Å²) < 4.78 is 0. The highest BCUT2D eigenvalue weighted by molar-refractivity contribution is 6.32. The van der Waals surface area contributed by atoms with Gasteiger partial charge >= 0.3 is 0 Å². The van der Waals surface area contributed by atoms with Gasteiger partial charge in [0.1, 0.15) is 5.75 Å². The number of carbonyl (C=O) groups is 5. The van der Waals surface area contributed by atoms with Crippen LogP contribution in [0.3, 0.4) is 0 Å². The van der Waals surface area contributed by atoms with Crippen molar-refractivity contribution in [2.24, 2.45) is 40.1 Å². The number of phenols is 1. The van der Waals surface area contributed by atoms with Gasteiger partial charge in [-0.2, -0.15) is 0 Å². The zero-order valence-electron chi connectivity index (χ0n) is 24.9. The zero-order valence-corrected chi connectivity index (χ0v) is 24.9. The number of carbonyl (C=O) groups excluding carboxylic acids is 5. The maximum atomic E-state index is 14.1. The van der Waals surface area contributed by atoms with Gasteiger partial charge in [0.25, 0.3) is 0 Å². The molecule has 0 spiro atoms. The fraction of sp³-hybridized carbons (Fsp3) is 0.419. The molecule has 1 amide bonds. The lowest BCUT2D eigenvalue weighted by atomic mass is 9.52. The fourth-order valence-corrected chi connectivity index (χ4v) is 7.08. The number of fused-ring (bicyclic) bond motifs is 3. The summed E-state index contributed by atoms with van der Waals surface area (Å²) in [6.07, 6.45) is 0.112. The van der Waals surface area contributed by atoms with Crippen molar-refractivity contribution in [3.8, 4) is 5.75 Å². The third kappa shape index (κ3) is 4.72. The molecule has 232 valence electrons. The van der Waals surface area contributed by atoms with Crippen molar-refractivity contribution < 1.29 is 34.2 Å². The molecular formula is C31H36N6O7. The van der Waals surface area contributed by atoms with Crippen LogP contribution in [0.5, 0.6) is 5.75 Å². The van der Waals surface area contributed by atoms with Crippen LogP contribution >= 0.6 is 0 Å². The molecule has 0 heterocycles. The van der Waals surface area contributed by atoms with Crippen molar-refractivity contribution in [3.05, 3.63) is 53.1 Å². The van der Waals surface area contributed by atoms with Crippen LogP contribution in [0.1, 0.15) is 27.9 Å². The standard InChI is InChI=1S/C31H36N6O7/c1-36(2)19-12-18(35-30(33)34-13-14-8-6-5-7-9-14)24(38)21-16(19)10-15-11-17-23(37(3)4)26(40)22(29(32)43)28(42)31(17,44)27(41)20(15)25(21)39/h5-9,12,15,17,20,22-23,38,44H,10-11,13H2,1-4H3,(H2,32,43)(H3,33,34,35)/t15-,17-,20?,22?,23?,31-/m1/s1. The lowest BCUT2D eigenvalue weighted by molar-refractivity contribution is -0.181. The Hall–Kier alpha value is -4.62. The highest BCUT2D eigenvalue weighted by Crippen LogP contribution is 2.52. The van der Waals surface area contributed by atoms with Gasteiger partial charge in [0.2, 0.25) is 5.91 Å². The number of aliphatic hydroxyl groups is 1. The van der Waals surface area contributed by atoms with Crippen LogP contribution in [0.15, 0.2) is 41.4 Å². The molecule has 0 radical (unpaired) electrons. The molecule has 2 fully saturated rings. The number of hydrogen-bond donors (Lipinski definition) is 5. The van der Waals surface area contributed by atoms with Gasteiger partial charge in [0.05, 0.1) is 29.8 Å². The highest BCUT2D eigenvalue weighted by atomic mass is 16.3. The normalized spacial score (nSPS) is 28.3. The van der Waals surface area contributed by atoms with Crippen LogP contribution in [-0.2, 0) is 32.1 Å². The molecular weight excluding hydrogens is 568 g/mol. The SMILES string of the molecule is CN(C)c1cc(NC(N)=NCc2ccccc2)c(O)c2c1C[C@@H]1C[C@@H]3C(N(C)C)C(=O)C(C(N)=O)C(=O)[C@]3(O)C(=O)C1C2=O. The van der Waals surface area contributed by atoms with E-state index in [1.807, 2.05) is 30.3 Å². The van der Waals surface area contributed by atoms with Crippen LogP contribution in [0.4, 0.5) is 11.4 Å². The number of nitrogens with one attached hydrogen (secondary N) is 1.